The molecular weight excluding hydrogens is 508 g/mol. The first kappa shape index (κ1) is 23.8. The lowest BCUT2D eigenvalue weighted by Gasteiger charge is -2.30. The second-order valence-electron chi connectivity index (χ2n) is 9.17. The number of rotatable bonds is 5. The van der Waals surface area contributed by atoms with Crippen LogP contribution in [-0.2, 0) is 29.1 Å². The van der Waals surface area contributed by atoms with Gasteiger partial charge in [0.15, 0.2) is 0 Å². The zero-order chi connectivity index (χ0) is 26.2. The van der Waals surface area contributed by atoms with Crippen LogP contribution in [0.4, 0.5) is 5.95 Å². The molecule has 0 saturated heterocycles. The molecule has 3 aromatic rings. The number of nitrogens with one attached hydrogen (secondary N) is 2. The van der Waals surface area contributed by atoms with E-state index in [0.717, 1.165) is 17.5 Å². The molecule has 0 saturated carbocycles. The Hall–Kier alpha value is -4.57. The van der Waals surface area contributed by atoms with Crippen molar-refractivity contribution in [2.24, 2.45) is 0 Å². The van der Waals surface area contributed by atoms with Crippen LogP contribution in [0.3, 0.4) is 0 Å². The lowest BCUT2D eigenvalue weighted by molar-refractivity contribution is -0.132. The number of anilines is 1. The monoisotopic (exact) mass is 530 g/mol. The molecule has 6 rings (SSSR count). The van der Waals surface area contributed by atoms with Gasteiger partial charge in [-0.15, -0.1) is 0 Å². The van der Waals surface area contributed by atoms with Crippen LogP contribution in [0.15, 0.2) is 72.6 Å². The maximum absolute atomic E-state index is 13.3. The van der Waals surface area contributed by atoms with E-state index in [2.05, 4.69) is 26.8 Å². The minimum atomic E-state index is -0.223. The fourth-order valence-electron chi connectivity index (χ4n) is 4.78. The molecule has 0 aliphatic carbocycles. The van der Waals surface area contributed by atoms with E-state index in [-0.39, 0.29) is 30.2 Å². The molecule has 2 aromatic carbocycles. The van der Waals surface area contributed by atoms with Gasteiger partial charge in [0.2, 0.25) is 17.7 Å². The minimum absolute atomic E-state index is 0.0250. The number of fused-ring (bicyclic) bond motifs is 2. The Bertz CT molecular complexity index is 1520. The number of allylic oxidation sites excluding steroid dienone is 1. The highest BCUT2D eigenvalue weighted by atomic mass is 35.5. The van der Waals surface area contributed by atoms with Crippen molar-refractivity contribution in [1.29, 1.82) is 0 Å². The molecule has 3 N–H and O–H groups in total. The normalized spacial score (nSPS) is 16.1. The molecule has 0 bridgehead atoms. The average Bonchev–Trinajstić information content (AvgIpc) is 3.24. The van der Waals surface area contributed by atoms with Crippen molar-refractivity contribution < 1.29 is 19.5 Å². The maximum Gasteiger partial charge on any atom is 0.254 e. The van der Waals surface area contributed by atoms with Gasteiger partial charge in [-0.2, -0.15) is 5.48 Å². The van der Waals surface area contributed by atoms with Crippen molar-refractivity contribution in [3.05, 3.63) is 99.9 Å². The molecule has 10 nitrogen and oxygen atoms in total. The van der Waals surface area contributed by atoms with Crippen LogP contribution in [0, 0.1) is 0 Å². The van der Waals surface area contributed by atoms with Gasteiger partial charge in [-0.3, -0.25) is 9.59 Å². The number of benzene rings is 2. The molecule has 1 aromatic heterocycles. The number of hydrogen-bond acceptors (Lipinski definition) is 8. The third kappa shape index (κ3) is 4.50. The molecule has 0 unspecified atom stereocenters. The highest BCUT2D eigenvalue weighted by Gasteiger charge is 2.31. The molecule has 0 fully saturated rings. The van der Waals surface area contributed by atoms with Gasteiger partial charge in [0.05, 0.1) is 16.9 Å². The number of aliphatic hydroxyl groups is 1. The topological polar surface area (TPSA) is 120 Å². The van der Waals surface area contributed by atoms with E-state index in [0.29, 0.717) is 47.2 Å². The number of halogens is 1. The van der Waals surface area contributed by atoms with Gasteiger partial charge in [-0.05, 0) is 29.2 Å². The molecule has 3 aliphatic rings. The molecule has 4 heterocycles. The fourth-order valence-corrected chi connectivity index (χ4v) is 4.99. The third-order valence-electron chi connectivity index (χ3n) is 6.78. The van der Waals surface area contributed by atoms with Crippen LogP contribution in [0.1, 0.15) is 27.0 Å². The Morgan fingerprint density at radius 1 is 1.16 bits per heavy atom. The predicted octanol–water partition coefficient (Wildman–Crippen LogP) is 3.53. The Morgan fingerprint density at radius 2 is 2.00 bits per heavy atom. The van der Waals surface area contributed by atoms with Crippen LogP contribution in [0.5, 0.6) is 0 Å². The number of hydroxylamine groups is 1. The average molecular weight is 531 g/mol. The van der Waals surface area contributed by atoms with Gasteiger partial charge >= 0.3 is 0 Å². The van der Waals surface area contributed by atoms with Gasteiger partial charge < -0.3 is 25.1 Å². The van der Waals surface area contributed by atoms with Gasteiger partial charge in [-0.25, -0.2) is 9.97 Å². The standard InChI is InChI=1S/C27H23ClN6O4/c28-21-12-29-27(30-22-8-10-38-32-25(22)36)31-24(21)17-5-6-19-14-34(26(37)20(19)11-17)15-23(35)33-9-7-16-3-1-2-4-18(16)13-33/h1-6,8,10-12,32,36H,7,9,13-15H2,(H,29,30,31). The number of carbonyl (C=O) groups is 2. The summed E-state index contributed by atoms with van der Waals surface area (Å²) in [6, 6.07) is 13.6. The number of carbonyl (C=O) groups excluding carboxylic acids is 2. The largest absolute Gasteiger partial charge is 0.491 e. The maximum atomic E-state index is 13.3. The SMILES string of the molecule is O=C(CN1Cc2ccc(-c3nc(NC4=C(O)NOC=C4)ncc3Cl)cc2C1=O)N1CCc2ccccc2C1. The highest BCUT2D eigenvalue weighted by Crippen LogP contribution is 2.32. The molecule has 0 spiro atoms. The first-order chi connectivity index (χ1) is 18.5. The lowest BCUT2D eigenvalue weighted by atomic mass is 10.00. The summed E-state index contributed by atoms with van der Waals surface area (Å²) in [6.45, 7) is 1.59. The second-order valence-corrected chi connectivity index (χ2v) is 9.57. The second kappa shape index (κ2) is 9.71. The van der Waals surface area contributed by atoms with Gasteiger partial charge in [0, 0.05) is 36.8 Å². The zero-order valence-electron chi connectivity index (χ0n) is 20.1. The lowest BCUT2D eigenvalue weighted by Crippen LogP contribution is -2.42. The first-order valence-electron chi connectivity index (χ1n) is 12.0. The van der Waals surface area contributed by atoms with Gasteiger partial charge in [-0.1, -0.05) is 48.0 Å². The Labute approximate surface area is 223 Å². The third-order valence-corrected chi connectivity index (χ3v) is 7.05. The van der Waals surface area contributed by atoms with E-state index in [1.165, 1.54) is 24.1 Å². The van der Waals surface area contributed by atoms with Crippen LogP contribution in [-0.4, -0.2) is 49.8 Å². The number of aromatic nitrogens is 2. The van der Waals surface area contributed by atoms with E-state index >= 15 is 0 Å². The quantitative estimate of drug-likeness (QED) is 0.458. The fraction of sp³-hybridized carbons (Fsp3) is 0.185. The van der Waals surface area contributed by atoms with Crippen molar-refractivity contribution in [3.63, 3.8) is 0 Å². The molecule has 192 valence electrons. The van der Waals surface area contributed by atoms with Crippen molar-refractivity contribution in [3.8, 4) is 11.3 Å². The van der Waals surface area contributed by atoms with Gasteiger partial charge in [0.25, 0.3) is 5.91 Å². The van der Waals surface area contributed by atoms with Crippen molar-refractivity contribution in [1.82, 2.24) is 25.2 Å². The summed E-state index contributed by atoms with van der Waals surface area (Å²) in [5.74, 6) is -0.296. The predicted molar refractivity (Wildman–Crippen MR) is 139 cm³/mol. The summed E-state index contributed by atoms with van der Waals surface area (Å²) in [4.78, 5) is 43.2. The van der Waals surface area contributed by atoms with Crippen LogP contribution in [0.2, 0.25) is 5.02 Å². The summed E-state index contributed by atoms with van der Waals surface area (Å²) in [6.07, 6.45) is 5.12. The molecule has 11 heteroatoms. The molecule has 0 atom stereocenters. The summed E-state index contributed by atoms with van der Waals surface area (Å²) in [7, 11) is 0. The summed E-state index contributed by atoms with van der Waals surface area (Å²) in [5.41, 5.74) is 7.46. The Kier molecular flexibility index (Phi) is 6.09. The number of aliphatic hydroxyl groups excluding tert-OH is 1. The van der Waals surface area contributed by atoms with Crippen LogP contribution < -0.4 is 10.8 Å². The van der Waals surface area contributed by atoms with E-state index in [1.54, 1.807) is 11.0 Å². The van der Waals surface area contributed by atoms with E-state index in [1.807, 2.05) is 35.2 Å². The zero-order valence-corrected chi connectivity index (χ0v) is 20.9. The van der Waals surface area contributed by atoms with Crippen molar-refractivity contribution >= 4 is 29.4 Å². The van der Waals surface area contributed by atoms with E-state index in [4.69, 9.17) is 16.4 Å². The summed E-state index contributed by atoms with van der Waals surface area (Å²) < 4.78 is 0. The number of nitrogens with zero attached hydrogens (tertiary/aromatic N) is 4. The van der Waals surface area contributed by atoms with Crippen molar-refractivity contribution in [2.75, 3.05) is 18.4 Å². The molecular formula is C27H23ClN6O4. The van der Waals surface area contributed by atoms with E-state index < -0.39 is 0 Å². The molecule has 38 heavy (non-hydrogen) atoms. The van der Waals surface area contributed by atoms with E-state index in [9.17, 15) is 14.7 Å². The van der Waals surface area contributed by atoms with Crippen molar-refractivity contribution in [2.45, 2.75) is 19.5 Å². The molecule has 2 amide bonds. The molecule has 0 radical (unpaired) electrons. The Morgan fingerprint density at radius 3 is 2.84 bits per heavy atom. The smallest absolute Gasteiger partial charge is 0.254 e. The molecule has 3 aliphatic heterocycles. The Balaban J connectivity index is 1.18. The first-order valence-corrected chi connectivity index (χ1v) is 12.4. The van der Waals surface area contributed by atoms with Crippen LogP contribution >= 0.6 is 11.6 Å². The summed E-state index contributed by atoms with van der Waals surface area (Å²) >= 11 is 6.40. The van der Waals surface area contributed by atoms with Gasteiger partial charge in [0.1, 0.15) is 18.5 Å². The summed E-state index contributed by atoms with van der Waals surface area (Å²) in [5, 5.41) is 13.1. The number of amides is 2. The highest BCUT2D eigenvalue weighted by molar-refractivity contribution is 6.33. The number of hydrogen-bond donors (Lipinski definition) is 3. The minimum Gasteiger partial charge on any atom is -0.491 e. The van der Waals surface area contributed by atoms with Crippen LogP contribution in [0.25, 0.3) is 11.3 Å².